The molecule has 3 aromatic heterocycles. The van der Waals surface area contributed by atoms with Gasteiger partial charge in [0.2, 0.25) is 0 Å². The van der Waals surface area contributed by atoms with E-state index in [0.717, 1.165) is 52.6 Å². The van der Waals surface area contributed by atoms with Gasteiger partial charge in [-0.2, -0.15) is 5.10 Å². The molecule has 0 spiro atoms. The Morgan fingerprint density at radius 3 is 2.31 bits per heavy atom. The third kappa shape index (κ3) is 7.52. The first-order valence-electron chi connectivity index (χ1n) is 20.6. The van der Waals surface area contributed by atoms with Gasteiger partial charge in [-0.1, -0.05) is 106 Å². The third-order valence-electron chi connectivity index (χ3n) is 12.0. The van der Waals surface area contributed by atoms with Crippen LogP contribution in [0.15, 0.2) is 90.6 Å². The van der Waals surface area contributed by atoms with Crippen LogP contribution in [-0.4, -0.2) is 19.3 Å². The molecule has 3 heterocycles. The molecule has 0 amide bonds. The van der Waals surface area contributed by atoms with Gasteiger partial charge < -0.3 is 4.74 Å². The van der Waals surface area contributed by atoms with Gasteiger partial charge in [-0.15, -0.1) is 0 Å². The minimum atomic E-state index is 0.0587. The molecule has 0 radical (unpaired) electrons. The Morgan fingerprint density at radius 2 is 1.60 bits per heavy atom. The summed E-state index contributed by atoms with van der Waals surface area (Å²) in [5, 5.41) is 7.71. The maximum absolute atomic E-state index is 6.85. The number of aromatic nitrogens is 4. The number of hydrogen-bond acceptors (Lipinski definition) is 3. The standard InChI is InChI=1S/C50H62N4O/c1-13-14-17-35-22-23-51-46(26-35)53-44-19-16-15-18-40(44)41-21-20-38(30-45(41)53)55-39-28-36(31(2)3)27-37(29-39)54-34(6)47(33(5)52-54)48-42(49(7,8)9)24-32(4)25-43(48)50(10,11)12/h15-16,18-24,26-32,43,48H,13-14,17,25H2,1-12H3/t32-,43?,48-/m0/s1. The third-order valence-corrected chi connectivity index (χ3v) is 12.0. The second-order valence-electron chi connectivity index (χ2n) is 18.7. The lowest BCUT2D eigenvalue weighted by Crippen LogP contribution is -2.36. The van der Waals surface area contributed by atoms with Gasteiger partial charge in [0.15, 0.2) is 0 Å². The Hall–Kier alpha value is -4.64. The molecule has 1 aliphatic carbocycles. The molecule has 5 nitrogen and oxygen atoms in total. The number of pyridine rings is 1. The van der Waals surface area contributed by atoms with Gasteiger partial charge in [0.05, 0.1) is 22.4 Å². The lowest BCUT2D eigenvalue weighted by Gasteiger charge is -2.46. The molecule has 0 fully saturated rings. The molecule has 7 rings (SSSR count). The monoisotopic (exact) mass is 734 g/mol. The van der Waals surface area contributed by atoms with Crippen LogP contribution in [0, 0.1) is 36.5 Å². The van der Waals surface area contributed by atoms with Crippen LogP contribution in [0.25, 0.3) is 33.3 Å². The predicted octanol–water partition coefficient (Wildman–Crippen LogP) is 14.0. The van der Waals surface area contributed by atoms with Crippen molar-refractivity contribution in [3.8, 4) is 23.0 Å². The first-order valence-corrected chi connectivity index (χ1v) is 20.6. The predicted molar refractivity (Wildman–Crippen MR) is 231 cm³/mol. The average Bonchev–Trinajstić information content (AvgIpc) is 3.62. The molecule has 0 bridgehead atoms. The fourth-order valence-electron chi connectivity index (χ4n) is 9.15. The zero-order valence-electron chi connectivity index (χ0n) is 35.4. The van der Waals surface area contributed by atoms with Crippen LogP contribution in [0.4, 0.5) is 0 Å². The van der Waals surface area contributed by atoms with Gasteiger partial charge in [0.1, 0.15) is 17.3 Å². The Kier molecular flexibility index (Phi) is 10.4. The maximum Gasteiger partial charge on any atom is 0.137 e. The topological polar surface area (TPSA) is 44.9 Å². The van der Waals surface area contributed by atoms with Gasteiger partial charge in [-0.05, 0) is 115 Å². The van der Waals surface area contributed by atoms with Crippen molar-refractivity contribution in [3.63, 3.8) is 0 Å². The lowest BCUT2D eigenvalue weighted by atomic mass is 9.58. The van der Waals surface area contributed by atoms with Crippen molar-refractivity contribution in [2.45, 2.75) is 121 Å². The van der Waals surface area contributed by atoms with Crippen LogP contribution < -0.4 is 4.74 Å². The van der Waals surface area contributed by atoms with Gasteiger partial charge in [0.25, 0.3) is 0 Å². The largest absolute Gasteiger partial charge is 0.457 e. The number of benzene rings is 3. The first kappa shape index (κ1) is 38.6. The number of allylic oxidation sites excluding steroid dienone is 2. The summed E-state index contributed by atoms with van der Waals surface area (Å²) in [4.78, 5) is 4.88. The minimum absolute atomic E-state index is 0.0587. The molecular weight excluding hydrogens is 673 g/mol. The van der Waals surface area contributed by atoms with Crippen LogP contribution in [0.3, 0.4) is 0 Å². The Morgan fingerprint density at radius 1 is 0.855 bits per heavy atom. The van der Waals surface area contributed by atoms with Crippen molar-refractivity contribution in [1.82, 2.24) is 19.3 Å². The van der Waals surface area contributed by atoms with Gasteiger partial charge in [-0.3, -0.25) is 4.57 Å². The van der Waals surface area contributed by atoms with Crippen molar-refractivity contribution in [2.75, 3.05) is 0 Å². The van der Waals surface area contributed by atoms with Crippen molar-refractivity contribution in [1.29, 1.82) is 0 Å². The van der Waals surface area contributed by atoms with Crippen LogP contribution in [-0.2, 0) is 6.42 Å². The molecule has 0 aliphatic heterocycles. The van der Waals surface area contributed by atoms with Crippen molar-refractivity contribution < 1.29 is 4.74 Å². The van der Waals surface area contributed by atoms with Gasteiger partial charge in [0, 0.05) is 46.3 Å². The summed E-state index contributed by atoms with van der Waals surface area (Å²) < 4.78 is 11.3. The highest BCUT2D eigenvalue weighted by Crippen LogP contribution is 2.54. The van der Waals surface area contributed by atoms with Gasteiger partial charge in [-0.25, -0.2) is 9.67 Å². The van der Waals surface area contributed by atoms with E-state index in [1.165, 1.54) is 46.0 Å². The molecule has 1 aliphatic rings. The number of aryl methyl sites for hydroxylation is 2. The smallest absolute Gasteiger partial charge is 0.137 e. The Balaban J connectivity index is 1.32. The fourth-order valence-corrected chi connectivity index (χ4v) is 9.15. The average molecular weight is 735 g/mol. The van der Waals surface area contributed by atoms with E-state index in [1.54, 1.807) is 5.57 Å². The SMILES string of the molecule is CCCCc1ccnc(-n2c3ccccc3c3ccc(Oc4cc(C(C)C)cc(-n5nc(C)c([C@H]6C(C(C)(C)C)=C[C@H](C)CC6C(C)(C)C)c5C)c4)cc32)c1. The number of para-hydroxylation sites is 1. The number of fused-ring (bicyclic) bond motifs is 3. The zero-order chi connectivity index (χ0) is 39.4. The molecule has 0 saturated heterocycles. The summed E-state index contributed by atoms with van der Waals surface area (Å²) in [6, 6.07) is 26.1. The van der Waals surface area contributed by atoms with E-state index >= 15 is 0 Å². The molecule has 0 N–H and O–H groups in total. The zero-order valence-corrected chi connectivity index (χ0v) is 35.4. The molecule has 3 aromatic carbocycles. The van der Waals surface area contributed by atoms with Crippen LogP contribution >= 0.6 is 0 Å². The van der Waals surface area contributed by atoms with Crippen LogP contribution in [0.2, 0.25) is 0 Å². The number of rotatable bonds is 9. The summed E-state index contributed by atoms with van der Waals surface area (Å²) in [6.45, 7) is 28.0. The minimum Gasteiger partial charge on any atom is -0.457 e. The number of nitrogens with zero attached hydrogens (tertiary/aromatic N) is 4. The Bertz CT molecular complexity index is 2370. The molecular formula is C50H62N4O. The van der Waals surface area contributed by atoms with E-state index in [1.807, 2.05) is 6.20 Å². The van der Waals surface area contributed by atoms with E-state index in [4.69, 9.17) is 14.8 Å². The van der Waals surface area contributed by atoms with E-state index in [9.17, 15) is 0 Å². The quantitative estimate of drug-likeness (QED) is 0.139. The summed E-state index contributed by atoms with van der Waals surface area (Å²) in [5.41, 5.74) is 11.3. The van der Waals surface area contributed by atoms with Crippen molar-refractivity contribution >= 4 is 21.8 Å². The van der Waals surface area contributed by atoms with E-state index in [0.29, 0.717) is 23.7 Å². The second kappa shape index (κ2) is 14.8. The van der Waals surface area contributed by atoms with E-state index in [2.05, 4.69) is 171 Å². The second-order valence-corrected chi connectivity index (χ2v) is 18.7. The van der Waals surface area contributed by atoms with E-state index < -0.39 is 0 Å². The fraction of sp³-hybridized carbons (Fsp3) is 0.440. The highest BCUT2D eigenvalue weighted by Gasteiger charge is 2.44. The maximum atomic E-state index is 6.85. The number of ether oxygens (including phenoxy) is 1. The molecule has 3 atom stereocenters. The summed E-state index contributed by atoms with van der Waals surface area (Å²) in [7, 11) is 0. The Labute approximate surface area is 329 Å². The summed E-state index contributed by atoms with van der Waals surface area (Å²) in [5.74, 6) is 4.24. The van der Waals surface area contributed by atoms with E-state index in [-0.39, 0.29) is 10.8 Å². The van der Waals surface area contributed by atoms with Crippen molar-refractivity contribution in [2.24, 2.45) is 22.7 Å². The summed E-state index contributed by atoms with van der Waals surface area (Å²) in [6.07, 6.45) is 9.09. The molecule has 288 valence electrons. The number of unbranched alkanes of at least 4 members (excludes halogenated alkanes) is 1. The lowest BCUT2D eigenvalue weighted by molar-refractivity contribution is 0.162. The highest BCUT2D eigenvalue weighted by molar-refractivity contribution is 6.09. The molecule has 6 aromatic rings. The molecule has 0 saturated carbocycles. The van der Waals surface area contributed by atoms with Gasteiger partial charge >= 0.3 is 0 Å². The molecule has 5 heteroatoms. The van der Waals surface area contributed by atoms with Crippen LogP contribution in [0.5, 0.6) is 11.5 Å². The van der Waals surface area contributed by atoms with Crippen molar-refractivity contribution in [3.05, 3.63) is 119 Å². The van der Waals surface area contributed by atoms with Crippen LogP contribution in [0.1, 0.15) is 128 Å². The first-order chi connectivity index (χ1) is 26.0. The molecule has 55 heavy (non-hydrogen) atoms. The molecule has 1 unspecified atom stereocenters. The highest BCUT2D eigenvalue weighted by atomic mass is 16.5. The summed E-state index contributed by atoms with van der Waals surface area (Å²) >= 11 is 0. The number of hydrogen-bond donors (Lipinski definition) is 0. The normalized spacial score (nSPS) is 18.1.